The van der Waals surface area contributed by atoms with Crippen molar-refractivity contribution in [1.82, 2.24) is 0 Å². The summed E-state index contributed by atoms with van der Waals surface area (Å²) in [7, 11) is 0. The second kappa shape index (κ2) is 9.19. The van der Waals surface area contributed by atoms with Crippen molar-refractivity contribution < 1.29 is 9.47 Å². The Morgan fingerprint density at radius 3 is 2.69 bits per heavy atom. The van der Waals surface area contributed by atoms with E-state index >= 15 is 0 Å². The van der Waals surface area contributed by atoms with Crippen LogP contribution >= 0.6 is 11.6 Å². The van der Waals surface area contributed by atoms with Crippen molar-refractivity contribution >= 4 is 23.3 Å². The molecule has 0 aliphatic rings. The van der Waals surface area contributed by atoms with Gasteiger partial charge in [0, 0.05) is 0 Å². The zero-order valence-electron chi connectivity index (χ0n) is 14.1. The molecule has 0 aliphatic heterocycles. The maximum Gasteiger partial charge on any atom is 0.181 e. The van der Waals surface area contributed by atoms with Crippen molar-refractivity contribution in [2.45, 2.75) is 6.92 Å². The third-order valence-corrected chi connectivity index (χ3v) is 3.65. The van der Waals surface area contributed by atoms with Gasteiger partial charge in [0.25, 0.3) is 0 Å². The summed E-state index contributed by atoms with van der Waals surface area (Å²) in [6.45, 7) is 2.33. The average molecular weight is 363 g/mol. The van der Waals surface area contributed by atoms with Crippen molar-refractivity contribution in [3.05, 3.63) is 58.1 Å². The smallest absolute Gasteiger partial charge is 0.181 e. The second-order valence-corrected chi connectivity index (χ2v) is 5.53. The number of ether oxygens (including phenoxy) is 2. The van der Waals surface area contributed by atoms with Crippen LogP contribution in [0.1, 0.15) is 23.6 Å². The highest BCUT2D eigenvalue weighted by Crippen LogP contribution is 2.37. The van der Waals surface area contributed by atoms with E-state index in [1.807, 2.05) is 6.92 Å². The molecule has 0 amide bonds. The summed E-state index contributed by atoms with van der Waals surface area (Å²) in [6, 6.07) is 14.4. The van der Waals surface area contributed by atoms with Gasteiger partial charge in [-0.05, 0) is 48.4 Å². The first-order valence-corrected chi connectivity index (χ1v) is 8.15. The number of nitriles is 2. The summed E-state index contributed by atoms with van der Waals surface area (Å²) in [5, 5.41) is 18.9. The molecule has 4 nitrogen and oxygen atoms in total. The predicted octanol–water partition coefficient (Wildman–Crippen LogP) is 4.69. The molecule has 0 bridgehead atoms. The zero-order chi connectivity index (χ0) is 18.9. The molecule has 2 aromatic carbocycles. The van der Waals surface area contributed by atoms with Gasteiger partial charge < -0.3 is 9.47 Å². The molecule has 2 aromatic rings. The maximum atomic E-state index is 9.50. The van der Waals surface area contributed by atoms with Crippen molar-refractivity contribution in [2.24, 2.45) is 0 Å². The average Bonchev–Trinajstić information content (AvgIpc) is 2.65. The van der Waals surface area contributed by atoms with Gasteiger partial charge in [0.2, 0.25) is 0 Å². The first kappa shape index (κ1) is 18.9. The van der Waals surface area contributed by atoms with E-state index in [2.05, 4.69) is 18.1 Å². The predicted molar refractivity (Wildman–Crippen MR) is 102 cm³/mol. The SMILES string of the molecule is C#CCOc1c(Cl)cc(C=C(C#N)c2cccc(C#N)c2)cc1OCC. The van der Waals surface area contributed by atoms with Gasteiger partial charge >= 0.3 is 0 Å². The van der Waals surface area contributed by atoms with Crippen LogP contribution in [0.15, 0.2) is 36.4 Å². The lowest BCUT2D eigenvalue weighted by atomic mass is 10.0. The minimum atomic E-state index is 0.0688. The molecule has 128 valence electrons. The van der Waals surface area contributed by atoms with E-state index in [0.717, 1.165) is 0 Å². The van der Waals surface area contributed by atoms with E-state index in [1.54, 1.807) is 42.5 Å². The van der Waals surface area contributed by atoms with E-state index in [0.29, 0.717) is 45.4 Å². The van der Waals surface area contributed by atoms with Crippen molar-refractivity contribution in [3.63, 3.8) is 0 Å². The lowest BCUT2D eigenvalue weighted by Crippen LogP contribution is -2.00. The largest absolute Gasteiger partial charge is 0.490 e. The van der Waals surface area contributed by atoms with Gasteiger partial charge in [-0.3, -0.25) is 0 Å². The molecule has 2 rings (SSSR count). The summed E-state index contributed by atoms with van der Waals surface area (Å²) < 4.78 is 11.0. The van der Waals surface area contributed by atoms with Crippen molar-refractivity contribution in [1.29, 1.82) is 10.5 Å². The summed E-state index contributed by atoms with van der Waals surface area (Å²) >= 11 is 6.30. The molecule has 26 heavy (non-hydrogen) atoms. The van der Waals surface area contributed by atoms with E-state index in [1.165, 1.54) is 0 Å². The standard InChI is InChI=1S/C21H15ClN2O2/c1-3-8-26-21-19(22)11-16(12-20(21)25-4-2)10-18(14-24)17-7-5-6-15(9-17)13-23/h1,5-7,9-12H,4,8H2,2H3. The number of nitrogens with zero attached hydrogens (tertiary/aromatic N) is 2. The third kappa shape index (κ3) is 4.58. The molecule has 0 aliphatic carbocycles. The Hall–Kier alpha value is -3.39. The number of hydrogen-bond acceptors (Lipinski definition) is 4. The Kier molecular flexibility index (Phi) is 6.69. The van der Waals surface area contributed by atoms with E-state index in [-0.39, 0.29) is 6.61 Å². The van der Waals surface area contributed by atoms with Gasteiger partial charge in [0.05, 0.1) is 34.9 Å². The number of rotatable bonds is 6. The van der Waals surface area contributed by atoms with Crippen molar-refractivity contribution in [2.75, 3.05) is 13.2 Å². The van der Waals surface area contributed by atoms with Crippen molar-refractivity contribution in [3.8, 4) is 36.0 Å². The fourth-order valence-electron chi connectivity index (χ4n) is 2.29. The normalized spacial score (nSPS) is 10.3. The van der Waals surface area contributed by atoms with Crippen LogP contribution in [0.25, 0.3) is 11.6 Å². The minimum absolute atomic E-state index is 0.0688. The third-order valence-electron chi connectivity index (χ3n) is 3.37. The van der Waals surface area contributed by atoms with Gasteiger partial charge in [-0.1, -0.05) is 29.7 Å². The van der Waals surface area contributed by atoms with Crippen LogP contribution in [-0.4, -0.2) is 13.2 Å². The molecule has 0 spiro atoms. The Morgan fingerprint density at radius 2 is 2.04 bits per heavy atom. The Labute approximate surface area is 157 Å². The van der Waals surface area contributed by atoms with Crippen LogP contribution in [0.3, 0.4) is 0 Å². The molecule has 0 saturated heterocycles. The first-order valence-electron chi connectivity index (χ1n) is 7.77. The molecule has 0 heterocycles. The summed E-state index contributed by atoms with van der Waals surface area (Å²) in [6.07, 6.45) is 6.90. The van der Waals surface area contributed by atoms with Gasteiger partial charge in [-0.2, -0.15) is 10.5 Å². The van der Waals surface area contributed by atoms with E-state index < -0.39 is 0 Å². The summed E-state index contributed by atoms with van der Waals surface area (Å²) in [5.41, 5.74) is 2.20. The Balaban J connectivity index is 2.49. The highest BCUT2D eigenvalue weighted by atomic mass is 35.5. The van der Waals surface area contributed by atoms with Crippen LogP contribution in [-0.2, 0) is 0 Å². The lowest BCUT2D eigenvalue weighted by Gasteiger charge is -2.13. The van der Waals surface area contributed by atoms with Gasteiger partial charge in [-0.25, -0.2) is 0 Å². The molecular formula is C21H15ClN2O2. The number of terminal acetylenes is 1. The summed E-state index contributed by atoms with van der Waals surface area (Å²) in [4.78, 5) is 0. The lowest BCUT2D eigenvalue weighted by molar-refractivity contribution is 0.299. The van der Waals surface area contributed by atoms with E-state index in [4.69, 9.17) is 32.8 Å². The van der Waals surface area contributed by atoms with E-state index in [9.17, 15) is 5.26 Å². The fraction of sp³-hybridized carbons (Fsp3) is 0.143. The van der Waals surface area contributed by atoms with Gasteiger partial charge in [0.15, 0.2) is 11.5 Å². The molecule has 0 radical (unpaired) electrons. The molecular weight excluding hydrogens is 348 g/mol. The highest BCUT2D eigenvalue weighted by Gasteiger charge is 2.12. The van der Waals surface area contributed by atoms with Crippen LogP contribution in [0.2, 0.25) is 5.02 Å². The Bertz CT molecular complexity index is 959. The summed E-state index contributed by atoms with van der Waals surface area (Å²) in [5.74, 6) is 3.20. The molecule has 0 N–H and O–H groups in total. The maximum absolute atomic E-state index is 9.50. The molecule has 0 atom stereocenters. The Morgan fingerprint density at radius 1 is 1.23 bits per heavy atom. The second-order valence-electron chi connectivity index (χ2n) is 5.12. The monoisotopic (exact) mass is 362 g/mol. The molecule has 5 heteroatoms. The number of halogens is 1. The fourth-order valence-corrected chi connectivity index (χ4v) is 2.56. The number of hydrogen-bond donors (Lipinski definition) is 0. The van der Waals surface area contributed by atoms with Crippen LogP contribution < -0.4 is 9.47 Å². The quantitative estimate of drug-likeness (QED) is 0.425. The zero-order valence-corrected chi connectivity index (χ0v) is 14.9. The molecule has 0 aromatic heterocycles. The minimum Gasteiger partial charge on any atom is -0.490 e. The molecule has 0 saturated carbocycles. The molecule has 0 unspecified atom stereocenters. The van der Waals surface area contributed by atoms with Crippen LogP contribution in [0, 0.1) is 35.0 Å². The topological polar surface area (TPSA) is 66.0 Å². The number of allylic oxidation sites excluding steroid dienone is 1. The highest BCUT2D eigenvalue weighted by molar-refractivity contribution is 6.32. The van der Waals surface area contributed by atoms with Crippen LogP contribution in [0.5, 0.6) is 11.5 Å². The molecule has 0 fully saturated rings. The van der Waals surface area contributed by atoms with Gasteiger partial charge in [0.1, 0.15) is 6.61 Å². The van der Waals surface area contributed by atoms with Crippen LogP contribution in [0.4, 0.5) is 0 Å². The number of benzene rings is 2. The van der Waals surface area contributed by atoms with Gasteiger partial charge in [-0.15, -0.1) is 6.42 Å². The first-order chi connectivity index (χ1) is 12.6.